The van der Waals surface area contributed by atoms with Gasteiger partial charge in [0.25, 0.3) is 17.7 Å². The molecule has 6 rings (SSSR count). The third-order valence-electron chi connectivity index (χ3n) is 7.25. The molecule has 0 bridgehead atoms. The van der Waals surface area contributed by atoms with E-state index in [1.165, 1.54) is 16.8 Å². The molecule has 1 atom stereocenters. The third-order valence-corrected chi connectivity index (χ3v) is 8.50. The Bertz CT molecular complexity index is 2020. The molecule has 1 aliphatic heterocycles. The zero-order valence-electron chi connectivity index (χ0n) is 26.0. The summed E-state index contributed by atoms with van der Waals surface area (Å²) in [6.45, 7) is 0. The van der Waals surface area contributed by atoms with E-state index in [0.29, 0.717) is 27.4 Å². The van der Waals surface area contributed by atoms with Crippen LogP contribution in [0, 0.1) is 0 Å². The standard InChI is InChI=1S/C38H30N6O4S/c45-34-24-33(43-44(34)30-18-8-3-9-19-30)42-38(48)35(27-13-4-1-5-14-27)49-31-20-10-17-29(23-31)40-37(47)32(22-26-12-11-21-39-25-26)41-36(46)28-15-6-2-7-16-28/h1-23,25,35H,24H2,(H,40,47)(H,41,46)(H,42,43,48)/b32-22-. The lowest BCUT2D eigenvalue weighted by atomic mass is 10.1. The molecule has 0 saturated carbocycles. The summed E-state index contributed by atoms with van der Waals surface area (Å²) in [5, 5.41) is 13.4. The molecule has 11 heteroatoms. The molecule has 4 amide bonds. The van der Waals surface area contributed by atoms with Gasteiger partial charge in [0.05, 0.1) is 12.1 Å². The molecule has 1 unspecified atom stereocenters. The van der Waals surface area contributed by atoms with Crippen LogP contribution in [0.1, 0.15) is 33.2 Å². The molecule has 242 valence electrons. The molecule has 0 aliphatic carbocycles. The van der Waals surface area contributed by atoms with Gasteiger partial charge in [-0.3, -0.25) is 24.2 Å². The van der Waals surface area contributed by atoms with Crippen molar-refractivity contribution in [3.8, 4) is 0 Å². The number of rotatable bonds is 10. The number of aromatic nitrogens is 1. The summed E-state index contributed by atoms with van der Waals surface area (Å²) in [6.07, 6.45) is 4.71. The van der Waals surface area contributed by atoms with E-state index in [-0.39, 0.29) is 29.8 Å². The summed E-state index contributed by atoms with van der Waals surface area (Å²) in [7, 11) is 0. The van der Waals surface area contributed by atoms with Crippen LogP contribution in [0.4, 0.5) is 11.4 Å². The van der Waals surface area contributed by atoms with Crippen molar-refractivity contribution in [3.63, 3.8) is 0 Å². The summed E-state index contributed by atoms with van der Waals surface area (Å²) in [5.74, 6) is -1.32. The van der Waals surface area contributed by atoms with Crippen molar-refractivity contribution in [1.82, 2.24) is 15.6 Å². The normalized spacial score (nSPS) is 13.3. The first kappa shape index (κ1) is 32.6. The van der Waals surface area contributed by atoms with Crippen LogP contribution in [0.3, 0.4) is 0 Å². The molecule has 3 N–H and O–H groups in total. The highest BCUT2D eigenvalue weighted by molar-refractivity contribution is 8.00. The van der Waals surface area contributed by atoms with Crippen molar-refractivity contribution < 1.29 is 19.2 Å². The van der Waals surface area contributed by atoms with Gasteiger partial charge in [0.1, 0.15) is 16.8 Å². The quantitative estimate of drug-likeness (QED) is 0.120. The minimum atomic E-state index is -0.707. The number of amides is 4. The lowest BCUT2D eigenvalue weighted by molar-refractivity contribution is -0.119. The first-order valence-electron chi connectivity index (χ1n) is 15.3. The number of hydrogen-bond acceptors (Lipinski definition) is 7. The zero-order valence-corrected chi connectivity index (χ0v) is 26.8. The Labute approximate surface area is 287 Å². The van der Waals surface area contributed by atoms with Crippen molar-refractivity contribution in [3.05, 3.63) is 162 Å². The van der Waals surface area contributed by atoms with E-state index in [9.17, 15) is 19.2 Å². The Balaban J connectivity index is 1.20. The van der Waals surface area contributed by atoms with Gasteiger partial charge in [0.2, 0.25) is 5.91 Å². The van der Waals surface area contributed by atoms with E-state index < -0.39 is 17.1 Å². The Morgan fingerprint density at radius 1 is 0.796 bits per heavy atom. The maximum atomic E-state index is 13.7. The van der Waals surface area contributed by atoms with Gasteiger partial charge < -0.3 is 16.0 Å². The maximum absolute atomic E-state index is 13.7. The predicted octanol–water partition coefficient (Wildman–Crippen LogP) is 6.19. The predicted molar refractivity (Wildman–Crippen MR) is 190 cm³/mol. The fourth-order valence-corrected chi connectivity index (χ4v) is 6.01. The SMILES string of the molecule is O=C(Nc1cccc(SC(C(=O)NC2=NN(c3ccccc3)C(=O)C2)c2ccccc2)c1)/C(=C/c1cccnc1)NC(=O)c1ccccc1. The zero-order chi connectivity index (χ0) is 34.0. The second-order valence-electron chi connectivity index (χ2n) is 10.8. The van der Waals surface area contributed by atoms with Crippen LogP contribution in [0.5, 0.6) is 0 Å². The number of carbonyl (C=O) groups excluding carboxylic acids is 4. The molecule has 1 aliphatic rings. The highest BCUT2D eigenvalue weighted by Crippen LogP contribution is 2.36. The van der Waals surface area contributed by atoms with Gasteiger partial charge in [-0.1, -0.05) is 78.9 Å². The second-order valence-corrected chi connectivity index (χ2v) is 12.0. The molecule has 1 aromatic heterocycles. The molecule has 0 saturated heterocycles. The van der Waals surface area contributed by atoms with Crippen molar-refractivity contribution in [1.29, 1.82) is 0 Å². The number of pyridine rings is 1. The first-order valence-corrected chi connectivity index (χ1v) is 16.2. The number of carbonyl (C=O) groups is 4. The van der Waals surface area contributed by atoms with Gasteiger partial charge in [0, 0.05) is 28.5 Å². The van der Waals surface area contributed by atoms with Gasteiger partial charge >= 0.3 is 0 Å². The average Bonchev–Trinajstić information content (AvgIpc) is 3.51. The number of para-hydroxylation sites is 1. The Kier molecular flexibility index (Phi) is 10.3. The number of thioether (sulfide) groups is 1. The van der Waals surface area contributed by atoms with Crippen molar-refractivity contribution in [2.75, 3.05) is 10.3 Å². The molecule has 10 nitrogen and oxygen atoms in total. The minimum absolute atomic E-state index is 0.0258. The molecule has 0 radical (unpaired) electrons. The number of benzene rings is 4. The first-order chi connectivity index (χ1) is 23.9. The van der Waals surface area contributed by atoms with Crippen molar-refractivity contribution in [2.45, 2.75) is 16.6 Å². The summed E-state index contributed by atoms with van der Waals surface area (Å²) >= 11 is 1.28. The molecule has 5 aromatic rings. The van der Waals surface area contributed by atoms with Crippen LogP contribution >= 0.6 is 11.8 Å². The van der Waals surface area contributed by atoms with Crippen LogP contribution in [-0.4, -0.2) is 34.4 Å². The average molecular weight is 667 g/mol. The van der Waals surface area contributed by atoms with Crippen molar-refractivity contribution >= 4 is 58.7 Å². The number of amidine groups is 1. The second kappa shape index (κ2) is 15.5. The highest BCUT2D eigenvalue weighted by atomic mass is 32.2. The Hall–Kier alpha value is -6.33. The smallest absolute Gasteiger partial charge is 0.272 e. The monoisotopic (exact) mass is 666 g/mol. The van der Waals surface area contributed by atoms with E-state index >= 15 is 0 Å². The Morgan fingerprint density at radius 3 is 2.22 bits per heavy atom. The number of anilines is 2. The van der Waals surface area contributed by atoms with E-state index in [2.05, 4.69) is 26.0 Å². The molecular formula is C38H30N6O4S. The fourth-order valence-electron chi connectivity index (χ4n) is 4.93. The summed E-state index contributed by atoms with van der Waals surface area (Å²) in [4.78, 5) is 57.8. The third kappa shape index (κ3) is 8.53. The number of hydrazone groups is 1. The van der Waals surface area contributed by atoms with Crippen LogP contribution < -0.4 is 21.0 Å². The fraction of sp³-hybridized carbons (Fsp3) is 0.0526. The topological polar surface area (TPSA) is 133 Å². The molecule has 4 aromatic carbocycles. The van der Waals surface area contributed by atoms with Crippen LogP contribution in [0.15, 0.2) is 155 Å². The minimum Gasteiger partial charge on any atom is -0.321 e. The number of hydrogen-bond donors (Lipinski definition) is 3. The molecule has 0 fully saturated rings. The largest absolute Gasteiger partial charge is 0.321 e. The van der Waals surface area contributed by atoms with Crippen LogP contribution in [-0.2, 0) is 14.4 Å². The van der Waals surface area contributed by atoms with Crippen molar-refractivity contribution in [2.24, 2.45) is 5.10 Å². The van der Waals surface area contributed by atoms with E-state index in [1.807, 2.05) is 54.6 Å². The van der Waals surface area contributed by atoms with Gasteiger partial charge in [0.15, 0.2) is 0 Å². The number of nitrogens with zero attached hydrogens (tertiary/aromatic N) is 3. The van der Waals surface area contributed by atoms with Crippen LogP contribution in [0.25, 0.3) is 6.08 Å². The lowest BCUT2D eigenvalue weighted by Gasteiger charge is -2.17. The van der Waals surface area contributed by atoms with Gasteiger partial charge in [-0.25, -0.2) is 0 Å². The Morgan fingerprint density at radius 2 is 1.51 bits per heavy atom. The lowest BCUT2D eigenvalue weighted by Crippen LogP contribution is -2.33. The van der Waals surface area contributed by atoms with Gasteiger partial charge in [-0.05, 0) is 65.7 Å². The highest BCUT2D eigenvalue weighted by Gasteiger charge is 2.29. The maximum Gasteiger partial charge on any atom is 0.272 e. The van der Waals surface area contributed by atoms with E-state index in [4.69, 9.17) is 0 Å². The van der Waals surface area contributed by atoms with Crippen LogP contribution in [0.2, 0.25) is 0 Å². The molecule has 2 heterocycles. The molecule has 49 heavy (non-hydrogen) atoms. The molecular weight excluding hydrogens is 637 g/mol. The summed E-state index contributed by atoms with van der Waals surface area (Å²) in [5.41, 5.74) is 2.87. The summed E-state index contributed by atoms with van der Waals surface area (Å²) < 4.78 is 0. The van der Waals surface area contributed by atoms with E-state index in [1.54, 1.807) is 91.3 Å². The van der Waals surface area contributed by atoms with Gasteiger partial charge in [-0.15, -0.1) is 11.8 Å². The summed E-state index contributed by atoms with van der Waals surface area (Å²) in [6, 6.07) is 37.5. The van der Waals surface area contributed by atoms with Gasteiger partial charge in [-0.2, -0.15) is 10.1 Å². The molecule has 0 spiro atoms. The van der Waals surface area contributed by atoms with E-state index in [0.717, 1.165) is 5.56 Å². The number of nitrogens with one attached hydrogen (secondary N) is 3.